The van der Waals surface area contributed by atoms with Gasteiger partial charge in [0.2, 0.25) is 0 Å². The minimum Gasteiger partial charge on any atom is -0.460 e. The van der Waals surface area contributed by atoms with Crippen molar-refractivity contribution in [3.05, 3.63) is 0 Å². The predicted octanol–water partition coefficient (Wildman–Crippen LogP) is 1.88. The Hall–Kier alpha value is -0.570. The maximum atomic E-state index is 11.3. The third-order valence-electron chi connectivity index (χ3n) is 2.87. The summed E-state index contributed by atoms with van der Waals surface area (Å²) in [5.41, 5.74) is 0. The predicted molar refractivity (Wildman–Crippen MR) is 53.8 cm³/mol. The van der Waals surface area contributed by atoms with Gasteiger partial charge in [0.15, 0.2) is 0 Å². The van der Waals surface area contributed by atoms with E-state index in [-0.39, 0.29) is 18.0 Å². The summed E-state index contributed by atoms with van der Waals surface area (Å²) in [6.07, 6.45) is 4.40. The maximum absolute atomic E-state index is 11.3. The van der Waals surface area contributed by atoms with Crippen LogP contribution in [0.5, 0.6) is 0 Å². The molecule has 0 aromatic rings. The Balaban J connectivity index is 2.26. The number of aliphatic hydroxyl groups excluding tert-OH is 1. The molecule has 0 unspecified atom stereocenters. The van der Waals surface area contributed by atoms with E-state index in [1.54, 1.807) is 6.92 Å². The molecule has 82 valence electrons. The Kier molecular flexibility index (Phi) is 4.39. The maximum Gasteiger partial charge on any atom is 0.312 e. The van der Waals surface area contributed by atoms with Gasteiger partial charge in [-0.2, -0.15) is 0 Å². The van der Waals surface area contributed by atoms with E-state index in [4.69, 9.17) is 4.74 Å². The summed E-state index contributed by atoms with van der Waals surface area (Å²) in [7, 11) is 0. The van der Waals surface area contributed by atoms with Crippen molar-refractivity contribution in [2.24, 2.45) is 5.92 Å². The van der Waals surface area contributed by atoms with Gasteiger partial charge in [0.1, 0.15) is 12.2 Å². The van der Waals surface area contributed by atoms with E-state index in [2.05, 4.69) is 6.92 Å². The summed E-state index contributed by atoms with van der Waals surface area (Å²) in [6.45, 7) is 3.90. The van der Waals surface area contributed by atoms with E-state index >= 15 is 0 Å². The lowest BCUT2D eigenvalue weighted by Crippen LogP contribution is -2.24. The molecule has 0 aromatic heterocycles. The zero-order chi connectivity index (χ0) is 10.6. The number of hydrogen-bond acceptors (Lipinski definition) is 3. The van der Waals surface area contributed by atoms with E-state index in [1.165, 1.54) is 12.8 Å². The summed E-state index contributed by atoms with van der Waals surface area (Å²) < 4.78 is 4.95. The highest BCUT2D eigenvalue weighted by Crippen LogP contribution is 2.26. The van der Waals surface area contributed by atoms with Gasteiger partial charge in [0.05, 0.1) is 5.92 Å². The lowest BCUT2D eigenvalue weighted by Gasteiger charge is -2.11. The molecule has 0 aromatic carbocycles. The van der Waals surface area contributed by atoms with Crippen LogP contribution in [0.4, 0.5) is 0 Å². The van der Waals surface area contributed by atoms with Gasteiger partial charge in [-0.1, -0.05) is 32.6 Å². The fourth-order valence-electron chi connectivity index (χ4n) is 1.89. The minimum absolute atomic E-state index is 0.221. The van der Waals surface area contributed by atoms with Crippen LogP contribution in [0.1, 0.15) is 46.0 Å². The van der Waals surface area contributed by atoms with Crippen LogP contribution in [0, 0.1) is 5.92 Å². The number of carbonyl (C=O) groups is 1. The number of unbranched alkanes of at least 4 members (excludes halogenated alkanes) is 3. The van der Waals surface area contributed by atoms with Gasteiger partial charge in [-0.3, -0.25) is 4.79 Å². The molecule has 0 spiro atoms. The first-order valence-electron chi connectivity index (χ1n) is 5.55. The van der Waals surface area contributed by atoms with E-state index < -0.39 is 6.10 Å². The van der Waals surface area contributed by atoms with Gasteiger partial charge >= 0.3 is 5.97 Å². The highest BCUT2D eigenvalue weighted by molar-refractivity contribution is 5.75. The summed E-state index contributed by atoms with van der Waals surface area (Å²) in [6, 6.07) is 0. The van der Waals surface area contributed by atoms with Crippen molar-refractivity contribution in [3.8, 4) is 0 Å². The SMILES string of the molecule is CCCCCC[C@H]1C(=O)O[C@H](C)[C@H]1O. The molecule has 1 N–H and O–H groups in total. The van der Waals surface area contributed by atoms with E-state index in [1.807, 2.05) is 0 Å². The Morgan fingerprint density at radius 1 is 1.36 bits per heavy atom. The standard InChI is InChI=1S/C11H20O3/c1-3-4-5-6-7-9-10(12)8(2)14-11(9)13/h8-10,12H,3-7H2,1-2H3/t8-,9-,10-/m1/s1. The van der Waals surface area contributed by atoms with Crippen LogP contribution in [-0.2, 0) is 9.53 Å². The first kappa shape index (κ1) is 11.5. The quantitative estimate of drug-likeness (QED) is 0.544. The van der Waals surface area contributed by atoms with Crippen LogP contribution in [0.2, 0.25) is 0 Å². The van der Waals surface area contributed by atoms with Gasteiger partial charge < -0.3 is 9.84 Å². The molecule has 3 atom stereocenters. The second kappa shape index (κ2) is 5.35. The number of carbonyl (C=O) groups excluding carboxylic acids is 1. The molecule has 1 heterocycles. The van der Waals surface area contributed by atoms with Crippen molar-refractivity contribution >= 4 is 5.97 Å². The van der Waals surface area contributed by atoms with Crippen molar-refractivity contribution in [1.29, 1.82) is 0 Å². The molecule has 0 radical (unpaired) electrons. The molecule has 0 bridgehead atoms. The summed E-state index contributed by atoms with van der Waals surface area (Å²) in [5, 5.41) is 9.64. The van der Waals surface area contributed by atoms with Gasteiger partial charge in [0, 0.05) is 0 Å². The number of aliphatic hydroxyl groups is 1. The molecule has 0 aliphatic carbocycles. The number of esters is 1. The average molecular weight is 200 g/mol. The fraction of sp³-hybridized carbons (Fsp3) is 0.909. The van der Waals surface area contributed by atoms with E-state index in [9.17, 15) is 9.90 Å². The number of hydrogen-bond donors (Lipinski definition) is 1. The largest absolute Gasteiger partial charge is 0.460 e. The van der Waals surface area contributed by atoms with Crippen molar-refractivity contribution in [2.75, 3.05) is 0 Å². The van der Waals surface area contributed by atoms with Crippen LogP contribution in [0.15, 0.2) is 0 Å². The summed E-state index contributed by atoms with van der Waals surface area (Å²) in [5.74, 6) is -0.497. The lowest BCUT2D eigenvalue weighted by molar-refractivity contribution is -0.143. The van der Waals surface area contributed by atoms with Crippen LogP contribution < -0.4 is 0 Å². The topological polar surface area (TPSA) is 46.5 Å². The summed E-state index contributed by atoms with van der Waals surface area (Å²) in [4.78, 5) is 11.3. The summed E-state index contributed by atoms with van der Waals surface area (Å²) >= 11 is 0. The molecule has 0 amide bonds. The van der Waals surface area contributed by atoms with Crippen LogP contribution in [0.25, 0.3) is 0 Å². The highest BCUT2D eigenvalue weighted by atomic mass is 16.6. The Labute approximate surface area is 85.5 Å². The average Bonchev–Trinajstić information content (AvgIpc) is 2.38. The molecular formula is C11H20O3. The first-order valence-corrected chi connectivity index (χ1v) is 5.55. The monoisotopic (exact) mass is 200 g/mol. The van der Waals surface area contributed by atoms with Gasteiger partial charge in [-0.05, 0) is 13.3 Å². The van der Waals surface area contributed by atoms with Crippen molar-refractivity contribution in [2.45, 2.75) is 58.2 Å². The van der Waals surface area contributed by atoms with Crippen molar-refractivity contribution in [1.82, 2.24) is 0 Å². The molecule has 14 heavy (non-hydrogen) atoms. The number of cyclic esters (lactones) is 1. The number of ether oxygens (including phenoxy) is 1. The molecule has 0 saturated carbocycles. The first-order chi connectivity index (χ1) is 6.66. The second-order valence-electron chi connectivity index (χ2n) is 4.09. The zero-order valence-corrected chi connectivity index (χ0v) is 9.03. The minimum atomic E-state index is -0.593. The Morgan fingerprint density at radius 2 is 2.07 bits per heavy atom. The normalized spacial score (nSPS) is 31.9. The third kappa shape index (κ3) is 2.71. The Bertz CT molecular complexity index is 191. The molecule has 1 saturated heterocycles. The molecule has 1 rings (SSSR count). The van der Waals surface area contributed by atoms with Crippen molar-refractivity contribution < 1.29 is 14.6 Å². The van der Waals surface area contributed by atoms with Crippen molar-refractivity contribution in [3.63, 3.8) is 0 Å². The van der Waals surface area contributed by atoms with Gasteiger partial charge in [-0.25, -0.2) is 0 Å². The molecular weight excluding hydrogens is 180 g/mol. The van der Waals surface area contributed by atoms with Crippen LogP contribution >= 0.6 is 0 Å². The van der Waals surface area contributed by atoms with E-state index in [0.717, 1.165) is 19.3 Å². The van der Waals surface area contributed by atoms with Crippen LogP contribution in [-0.4, -0.2) is 23.3 Å². The van der Waals surface area contributed by atoms with E-state index in [0.29, 0.717) is 0 Å². The highest BCUT2D eigenvalue weighted by Gasteiger charge is 2.40. The van der Waals surface area contributed by atoms with Crippen LogP contribution in [0.3, 0.4) is 0 Å². The molecule has 1 aliphatic heterocycles. The van der Waals surface area contributed by atoms with Gasteiger partial charge in [0.25, 0.3) is 0 Å². The molecule has 3 heteroatoms. The molecule has 3 nitrogen and oxygen atoms in total. The third-order valence-corrected chi connectivity index (χ3v) is 2.87. The Morgan fingerprint density at radius 3 is 2.57 bits per heavy atom. The fourth-order valence-corrected chi connectivity index (χ4v) is 1.89. The number of rotatable bonds is 5. The second-order valence-corrected chi connectivity index (χ2v) is 4.09. The smallest absolute Gasteiger partial charge is 0.312 e. The lowest BCUT2D eigenvalue weighted by atomic mass is 9.95. The molecule has 1 fully saturated rings. The zero-order valence-electron chi connectivity index (χ0n) is 9.03. The van der Waals surface area contributed by atoms with Gasteiger partial charge in [-0.15, -0.1) is 0 Å². The molecule has 1 aliphatic rings.